The average Bonchev–Trinajstić information content (AvgIpc) is 3.11. The van der Waals surface area contributed by atoms with E-state index in [1.165, 1.54) is 31.4 Å². The van der Waals surface area contributed by atoms with Crippen LogP contribution in [0.2, 0.25) is 0 Å². The predicted molar refractivity (Wildman–Crippen MR) is 177 cm³/mol. The number of carbonyl (C=O) groups excluding carboxylic acids is 2. The van der Waals surface area contributed by atoms with Gasteiger partial charge in [0.25, 0.3) is 0 Å². The molecule has 0 aliphatic carbocycles. The summed E-state index contributed by atoms with van der Waals surface area (Å²) in [6.07, 6.45) is 1.10. The highest BCUT2D eigenvalue weighted by Crippen LogP contribution is 2.36. The zero-order valence-corrected chi connectivity index (χ0v) is 26.3. The quantitative estimate of drug-likeness (QED) is 0.174. The molecule has 1 amide bonds. The Morgan fingerprint density at radius 2 is 1.32 bits per heavy atom. The van der Waals surface area contributed by atoms with E-state index in [9.17, 15) is 23.5 Å². The molecular formula is C39H42F2N2O4. The van der Waals surface area contributed by atoms with Crippen molar-refractivity contribution < 1.29 is 33.7 Å². The summed E-state index contributed by atoms with van der Waals surface area (Å²) in [5.74, 6) is -4.56. The van der Waals surface area contributed by atoms with Crippen LogP contribution >= 0.6 is 0 Å². The molecule has 4 aromatic rings. The number of halogens is 2. The van der Waals surface area contributed by atoms with E-state index in [0.29, 0.717) is 44.6 Å². The lowest BCUT2D eigenvalue weighted by Gasteiger charge is -2.38. The van der Waals surface area contributed by atoms with Crippen LogP contribution in [0.1, 0.15) is 52.4 Å². The van der Waals surface area contributed by atoms with Crippen LogP contribution in [0.4, 0.5) is 8.78 Å². The maximum absolute atomic E-state index is 13.2. The van der Waals surface area contributed by atoms with E-state index in [4.69, 9.17) is 10.2 Å². The fourth-order valence-corrected chi connectivity index (χ4v) is 6.29. The summed E-state index contributed by atoms with van der Waals surface area (Å²) in [5.41, 5.74) is 3.36. The Hall–Kier alpha value is -4.40. The van der Waals surface area contributed by atoms with Crippen LogP contribution in [0.5, 0.6) is 0 Å². The molecule has 0 bridgehead atoms. The molecule has 0 spiro atoms. The van der Waals surface area contributed by atoms with E-state index in [-0.39, 0.29) is 17.6 Å². The first-order valence-corrected chi connectivity index (χ1v) is 15.7. The number of carbonyl (C=O) groups is 2. The van der Waals surface area contributed by atoms with Crippen LogP contribution < -0.4 is 0 Å². The zero-order valence-electron chi connectivity index (χ0n) is 30.3. The molecule has 2 fully saturated rings. The zero-order chi connectivity index (χ0) is 36.8. The number of likely N-dealkylation sites (tertiary alicyclic amines) is 2. The lowest BCUT2D eigenvalue weighted by molar-refractivity contribution is -0.157. The molecule has 6 nitrogen and oxygen atoms in total. The summed E-state index contributed by atoms with van der Waals surface area (Å²) >= 11 is 0. The Bertz CT molecular complexity index is 1740. The van der Waals surface area contributed by atoms with Gasteiger partial charge in [0.15, 0.2) is 0 Å². The molecule has 0 saturated carbocycles. The van der Waals surface area contributed by atoms with E-state index in [1.54, 1.807) is 34.1 Å². The Balaban J connectivity index is 0.000000198. The van der Waals surface area contributed by atoms with Crippen molar-refractivity contribution in [2.45, 2.75) is 37.8 Å². The molecule has 0 aromatic heterocycles. The van der Waals surface area contributed by atoms with Gasteiger partial charge in [-0.05, 0) is 71.8 Å². The third kappa shape index (κ3) is 8.90. The molecule has 2 heterocycles. The summed E-state index contributed by atoms with van der Waals surface area (Å²) in [6, 6.07) is 30.7. The molecule has 246 valence electrons. The summed E-state index contributed by atoms with van der Waals surface area (Å²) in [6.45, 7) is -3.02. The third-order valence-corrected chi connectivity index (χ3v) is 8.75. The lowest BCUT2D eigenvalue weighted by Crippen LogP contribution is -2.47. The highest BCUT2D eigenvalue weighted by atomic mass is 19.1. The molecular weight excluding hydrogens is 598 g/mol. The monoisotopic (exact) mass is 644 g/mol. The Kier molecular flexibility index (Phi) is 10.1. The minimum atomic E-state index is -2.71. The van der Waals surface area contributed by atoms with Crippen molar-refractivity contribution in [1.82, 2.24) is 9.80 Å². The van der Waals surface area contributed by atoms with Gasteiger partial charge in [-0.3, -0.25) is 14.5 Å². The second-order valence-corrected chi connectivity index (χ2v) is 11.8. The van der Waals surface area contributed by atoms with Crippen molar-refractivity contribution in [3.63, 3.8) is 0 Å². The molecule has 47 heavy (non-hydrogen) atoms. The van der Waals surface area contributed by atoms with E-state index >= 15 is 0 Å². The predicted octanol–water partition coefficient (Wildman–Crippen LogP) is 6.55. The minimum Gasteiger partial charge on any atom is -0.468 e. The molecule has 0 radical (unpaired) electrons. The van der Waals surface area contributed by atoms with Gasteiger partial charge in [-0.25, -0.2) is 8.78 Å². The van der Waals surface area contributed by atoms with Crippen LogP contribution in [-0.4, -0.2) is 60.0 Å². The van der Waals surface area contributed by atoms with Crippen molar-refractivity contribution in [3.05, 3.63) is 143 Å². The number of hydrogen-bond donors (Lipinski definition) is 1. The van der Waals surface area contributed by atoms with E-state index in [2.05, 4.69) is 0 Å². The SMILES string of the molecule is COC(=O)[C@H]1C(=O)N(Cc2ccccc2)CC[C@@H]1c1ccc(F)cc1.[2H]C([2H])(O)[C@@H]1[C@@H](c2ccc(F)cc2)CCN(Cc2ccccc2)C1([2H])[2H]. The summed E-state index contributed by atoms with van der Waals surface area (Å²) in [5, 5.41) is 10.1. The van der Waals surface area contributed by atoms with Crippen molar-refractivity contribution in [2.24, 2.45) is 11.8 Å². The van der Waals surface area contributed by atoms with Crippen LogP contribution in [0.15, 0.2) is 109 Å². The second-order valence-electron chi connectivity index (χ2n) is 11.8. The summed E-state index contributed by atoms with van der Waals surface area (Å²) in [4.78, 5) is 28.5. The first kappa shape index (κ1) is 28.8. The number of methoxy groups -OCH3 is 1. The van der Waals surface area contributed by atoms with Crippen LogP contribution in [0.25, 0.3) is 0 Å². The Morgan fingerprint density at radius 1 is 0.809 bits per heavy atom. The van der Waals surface area contributed by atoms with E-state index in [1.807, 2.05) is 60.7 Å². The maximum Gasteiger partial charge on any atom is 0.318 e. The normalized spacial score (nSPS) is 24.1. The molecule has 4 aromatic carbocycles. The second kappa shape index (κ2) is 16.4. The van der Waals surface area contributed by atoms with Gasteiger partial charge in [-0.15, -0.1) is 0 Å². The lowest BCUT2D eigenvalue weighted by atomic mass is 9.79. The van der Waals surface area contributed by atoms with Gasteiger partial charge in [0.05, 0.1) is 9.85 Å². The molecule has 1 N–H and O–H groups in total. The number of piperidine rings is 2. The van der Waals surface area contributed by atoms with Crippen LogP contribution in [-0.2, 0) is 27.4 Å². The molecule has 6 rings (SSSR count). The van der Waals surface area contributed by atoms with Gasteiger partial charge in [0.2, 0.25) is 5.91 Å². The van der Waals surface area contributed by atoms with Gasteiger partial charge in [-0.2, -0.15) is 0 Å². The minimum absolute atomic E-state index is 0.240. The fraction of sp³-hybridized carbons (Fsp3) is 0.333. The van der Waals surface area contributed by atoms with Gasteiger partial charge >= 0.3 is 5.97 Å². The van der Waals surface area contributed by atoms with Crippen molar-refractivity contribution in [3.8, 4) is 0 Å². The van der Waals surface area contributed by atoms with Crippen molar-refractivity contribution in [2.75, 3.05) is 33.3 Å². The number of benzene rings is 4. The molecule has 4 atom stereocenters. The fourth-order valence-electron chi connectivity index (χ4n) is 6.29. The third-order valence-electron chi connectivity index (χ3n) is 8.75. The first-order chi connectivity index (χ1) is 24.3. The molecule has 0 unspecified atom stereocenters. The largest absolute Gasteiger partial charge is 0.468 e. The highest BCUT2D eigenvalue weighted by molar-refractivity contribution is 5.99. The van der Waals surface area contributed by atoms with Crippen LogP contribution in [0.3, 0.4) is 0 Å². The molecule has 2 aliphatic heterocycles. The van der Waals surface area contributed by atoms with Crippen LogP contribution in [0, 0.1) is 23.5 Å². The molecule has 8 heteroatoms. The van der Waals surface area contributed by atoms with E-state index in [0.717, 1.165) is 16.7 Å². The number of hydrogen-bond acceptors (Lipinski definition) is 5. The maximum atomic E-state index is 13.2. The summed E-state index contributed by atoms with van der Waals surface area (Å²) < 4.78 is 64.2. The van der Waals surface area contributed by atoms with Gasteiger partial charge in [0.1, 0.15) is 17.6 Å². The standard InChI is InChI=1S/C20H20FNO3.C19H22FNO/c1-25-20(24)18-17(15-7-9-16(21)10-8-15)11-12-22(19(18)23)13-14-5-3-2-4-6-14;20-18-8-6-16(7-9-18)19-10-11-21(13-17(19)14-22)12-15-4-2-1-3-5-15/h2-10,17-18H,11-13H2,1H3;1-9,17,19,22H,10-14H2/t17-,18-;17-,19-/m11/s1/i;13D2,14D2. The number of amides is 1. The first-order valence-electron chi connectivity index (χ1n) is 17.7. The Labute approximate surface area is 281 Å². The number of nitrogens with zero attached hydrogens (tertiary/aromatic N) is 2. The number of esters is 1. The number of aliphatic hydroxyl groups is 1. The summed E-state index contributed by atoms with van der Waals surface area (Å²) in [7, 11) is 1.29. The number of ether oxygens (including phenoxy) is 1. The van der Waals surface area contributed by atoms with E-state index < -0.39 is 42.6 Å². The topological polar surface area (TPSA) is 70.1 Å². The number of rotatable bonds is 8. The highest BCUT2D eigenvalue weighted by Gasteiger charge is 2.43. The van der Waals surface area contributed by atoms with Gasteiger partial charge in [0, 0.05) is 47.3 Å². The average molecular weight is 645 g/mol. The molecule has 2 aliphatic rings. The Morgan fingerprint density at radius 3 is 1.85 bits per heavy atom. The van der Waals surface area contributed by atoms with Crippen molar-refractivity contribution in [1.29, 1.82) is 0 Å². The van der Waals surface area contributed by atoms with Gasteiger partial charge < -0.3 is 14.7 Å². The molecule has 2 saturated heterocycles. The smallest absolute Gasteiger partial charge is 0.318 e. The van der Waals surface area contributed by atoms with Gasteiger partial charge in [-0.1, -0.05) is 84.9 Å². The van der Waals surface area contributed by atoms with Crippen molar-refractivity contribution >= 4 is 11.9 Å².